The van der Waals surface area contributed by atoms with E-state index >= 15 is 0 Å². The third-order valence-corrected chi connectivity index (χ3v) is 3.85. The summed E-state index contributed by atoms with van der Waals surface area (Å²) in [5.41, 5.74) is 0. The molecule has 0 spiro atoms. The van der Waals surface area contributed by atoms with E-state index in [1.54, 1.807) is 16.7 Å². The normalized spacial score (nSPS) is 22.4. The van der Waals surface area contributed by atoms with Gasteiger partial charge < -0.3 is 10.2 Å². The highest BCUT2D eigenvalue weighted by Gasteiger charge is 2.28. The molecule has 5 heteroatoms. The minimum absolute atomic E-state index is 0.0352. The number of amides is 2. The second kappa shape index (κ2) is 6.13. The SMILES string of the molecule is CSCC(C)N(C)C(=O)C1CCC(=O)NC1. The van der Waals surface area contributed by atoms with E-state index in [2.05, 4.69) is 12.2 Å². The van der Waals surface area contributed by atoms with Crippen LogP contribution in [0.15, 0.2) is 0 Å². The van der Waals surface area contributed by atoms with Crippen molar-refractivity contribution < 1.29 is 9.59 Å². The molecule has 0 aliphatic carbocycles. The molecule has 2 unspecified atom stereocenters. The maximum absolute atomic E-state index is 12.1. The van der Waals surface area contributed by atoms with Crippen molar-refractivity contribution in [1.82, 2.24) is 10.2 Å². The van der Waals surface area contributed by atoms with Gasteiger partial charge in [0.1, 0.15) is 0 Å². The summed E-state index contributed by atoms with van der Waals surface area (Å²) in [4.78, 5) is 24.9. The third kappa shape index (κ3) is 3.40. The zero-order chi connectivity index (χ0) is 12.1. The topological polar surface area (TPSA) is 49.4 Å². The summed E-state index contributed by atoms with van der Waals surface area (Å²) >= 11 is 1.74. The molecule has 0 aromatic heterocycles. The second-order valence-corrected chi connectivity index (χ2v) is 5.20. The molecule has 1 heterocycles. The Morgan fingerprint density at radius 2 is 2.38 bits per heavy atom. The highest BCUT2D eigenvalue weighted by atomic mass is 32.2. The van der Waals surface area contributed by atoms with E-state index in [4.69, 9.17) is 0 Å². The Labute approximate surface area is 101 Å². The highest BCUT2D eigenvalue weighted by Crippen LogP contribution is 2.15. The second-order valence-electron chi connectivity index (χ2n) is 4.29. The number of nitrogens with zero attached hydrogens (tertiary/aromatic N) is 1. The maximum atomic E-state index is 12.1. The van der Waals surface area contributed by atoms with Crippen molar-refractivity contribution in [2.45, 2.75) is 25.8 Å². The molecule has 0 aromatic rings. The molecule has 92 valence electrons. The average molecular weight is 244 g/mol. The van der Waals surface area contributed by atoms with Crippen molar-refractivity contribution in [3.8, 4) is 0 Å². The molecule has 4 nitrogen and oxygen atoms in total. The zero-order valence-electron chi connectivity index (χ0n) is 10.2. The van der Waals surface area contributed by atoms with Gasteiger partial charge in [0.05, 0.1) is 5.92 Å². The van der Waals surface area contributed by atoms with Gasteiger partial charge >= 0.3 is 0 Å². The summed E-state index contributed by atoms with van der Waals surface area (Å²) in [5.74, 6) is 1.12. The Morgan fingerprint density at radius 1 is 1.69 bits per heavy atom. The number of piperidine rings is 1. The van der Waals surface area contributed by atoms with Crippen LogP contribution in [0.2, 0.25) is 0 Å². The maximum Gasteiger partial charge on any atom is 0.227 e. The molecule has 0 saturated carbocycles. The summed E-state index contributed by atoms with van der Waals surface area (Å²) in [6, 6.07) is 0.250. The van der Waals surface area contributed by atoms with Gasteiger partial charge in [-0.2, -0.15) is 11.8 Å². The standard InChI is InChI=1S/C11H20N2O2S/c1-8(7-16-3)13(2)11(15)9-4-5-10(14)12-6-9/h8-9H,4-7H2,1-3H3,(H,12,14). The summed E-state index contributed by atoms with van der Waals surface area (Å²) in [5, 5.41) is 2.75. The highest BCUT2D eigenvalue weighted by molar-refractivity contribution is 7.98. The number of thioether (sulfide) groups is 1. The summed E-state index contributed by atoms with van der Waals surface area (Å²) in [6.07, 6.45) is 3.19. The van der Waals surface area contributed by atoms with Crippen LogP contribution in [0.1, 0.15) is 19.8 Å². The van der Waals surface area contributed by atoms with Crippen LogP contribution in [0.3, 0.4) is 0 Å². The molecule has 2 amide bonds. The number of carbonyl (C=O) groups is 2. The summed E-state index contributed by atoms with van der Waals surface area (Å²) in [7, 11) is 1.85. The van der Waals surface area contributed by atoms with Crippen LogP contribution in [0, 0.1) is 5.92 Å². The van der Waals surface area contributed by atoms with Crippen LogP contribution in [0.25, 0.3) is 0 Å². The van der Waals surface area contributed by atoms with E-state index in [1.165, 1.54) is 0 Å². The van der Waals surface area contributed by atoms with E-state index in [9.17, 15) is 9.59 Å². The molecule has 1 aliphatic heterocycles. The molecule has 1 rings (SSSR count). The van der Waals surface area contributed by atoms with Crippen LogP contribution >= 0.6 is 11.8 Å². The van der Waals surface area contributed by atoms with Crippen LogP contribution in [0.5, 0.6) is 0 Å². The lowest BCUT2D eigenvalue weighted by atomic mass is 9.97. The predicted octanol–water partition coefficient (Wildman–Crippen LogP) is 0.722. The first-order chi connectivity index (χ1) is 7.56. The Kier molecular flexibility index (Phi) is 5.12. The number of nitrogens with one attached hydrogen (secondary N) is 1. The minimum atomic E-state index is -0.0352. The lowest BCUT2D eigenvalue weighted by molar-refractivity contribution is -0.137. The Morgan fingerprint density at radius 3 is 2.88 bits per heavy atom. The average Bonchev–Trinajstić information content (AvgIpc) is 2.28. The van der Waals surface area contributed by atoms with Crippen LogP contribution in [0.4, 0.5) is 0 Å². The quantitative estimate of drug-likeness (QED) is 0.793. The van der Waals surface area contributed by atoms with Crippen molar-refractivity contribution in [3.05, 3.63) is 0 Å². The number of hydrogen-bond acceptors (Lipinski definition) is 3. The van der Waals surface area contributed by atoms with Gasteiger partial charge in [-0.3, -0.25) is 9.59 Å². The largest absolute Gasteiger partial charge is 0.355 e. The fraction of sp³-hybridized carbons (Fsp3) is 0.818. The lowest BCUT2D eigenvalue weighted by Crippen LogP contribution is -2.46. The molecular weight excluding hydrogens is 224 g/mol. The first kappa shape index (κ1) is 13.4. The molecule has 1 N–H and O–H groups in total. The molecule has 16 heavy (non-hydrogen) atoms. The Hall–Kier alpha value is -0.710. The molecular formula is C11H20N2O2S. The van der Waals surface area contributed by atoms with Crippen molar-refractivity contribution in [1.29, 1.82) is 0 Å². The van der Waals surface area contributed by atoms with E-state index in [0.29, 0.717) is 19.4 Å². The van der Waals surface area contributed by atoms with Gasteiger partial charge in [0.25, 0.3) is 0 Å². The molecule has 1 aliphatic rings. The fourth-order valence-electron chi connectivity index (χ4n) is 1.80. The van der Waals surface area contributed by atoms with E-state index in [0.717, 1.165) is 5.75 Å². The smallest absolute Gasteiger partial charge is 0.227 e. The van der Waals surface area contributed by atoms with Gasteiger partial charge in [0.15, 0.2) is 0 Å². The van der Waals surface area contributed by atoms with Crippen LogP contribution in [-0.2, 0) is 9.59 Å². The van der Waals surface area contributed by atoms with Crippen molar-refractivity contribution >= 4 is 23.6 Å². The number of rotatable bonds is 4. The first-order valence-corrected chi connectivity index (χ1v) is 6.98. The zero-order valence-corrected chi connectivity index (χ0v) is 11.0. The monoisotopic (exact) mass is 244 g/mol. The van der Waals surface area contributed by atoms with Gasteiger partial charge in [-0.05, 0) is 19.6 Å². The lowest BCUT2D eigenvalue weighted by Gasteiger charge is -2.30. The van der Waals surface area contributed by atoms with Gasteiger partial charge in [-0.25, -0.2) is 0 Å². The Bertz CT molecular complexity index is 261. The van der Waals surface area contributed by atoms with E-state index in [1.807, 2.05) is 13.3 Å². The van der Waals surface area contributed by atoms with Crippen LogP contribution < -0.4 is 5.32 Å². The number of carbonyl (C=O) groups excluding carboxylic acids is 2. The molecule has 0 aromatic carbocycles. The van der Waals surface area contributed by atoms with Gasteiger partial charge in [-0.1, -0.05) is 0 Å². The molecule has 1 fully saturated rings. The summed E-state index contributed by atoms with van der Waals surface area (Å²) in [6.45, 7) is 2.55. The third-order valence-electron chi connectivity index (χ3n) is 3.03. The summed E-state index contributed by atoms with van der Waals surface area (Å²) < 4.78 is 0. The van der Waals surface area contributed by atoms with Crippen LogP contribution in [-0.4, -0.2) is 48.4 Å². The van der Waals surface area contributed by atoms with Crippen molar-refractivity contribution in [3.63, 3.8) is 0 Å². The molecule has 2 atom stereocenters. The fourth-order valence-corrected chi connectivity index (χ4v) is 2.51. The van der Waals surface area contributed by atoms with Gasteiger partial charge in [0.2, 0.25) is 11.8 Å². The van der Waals surface area contributed by atoms with Gasteiger partial charge in [-0.15, -0.1) is 0 Å². The van der Waals surface area contributed by atoms with Crippen molar-refractivity contribution in [2.75, 3.05) is 25.6 Å². The van der Waals surface area contributed by atoms with Crippen molar-refractivity contribution in [2.24, 2.45) is 5.92 Å². The molecule has 0 bridgehead atoms. The predicted molar refractivity (Wildman–Crippen MR) is 66.3 cm³/mol. The first-order valence-electron chi connectivity index (χ1n) is 5.58. The number of hydrogen-bond donors (Lipinski definition) is 1. The minimum Gasteiger partial charge on any atom is -0.355 e. The van der Waals surface area contributed by atoms with Gasteiger partial charge in [0, 0.05) is 31.8 Å². The Balaban J connectivity index is 2.47. The van der Waals surface area contributed by atoms with E-state index < -0.39 is 0 Å². The van der Waals surface area contributed by atoms with E-state index in [-0.39, 0.29) is 23.8 Å². The molecule has 0 radical (unpaired) electrons. The molecule has 1 saturated heterocycles.